The molecule has 1 fully saturated rings. The van der Waals surface area contributed by atoms with Crippen molar-refractivity contribution in [2.75, 3.05) is 13.7 Å². The van der Waals surface area contributed by atoms with Crippen LogP contribution in [-0.2, 0) is 0 Å². The number of quaternary nitrogens is 1. The van der Waals surface area contributed by atoms with Gasteiger partial charge in [0.05, 0.1) is 26.1 Å². The molecule has 0 bridgehead atoms. The number of ketones is 1. The van der Waals surface area contributed by atoms with E-state index in [0.29, 0.717) is 17.9 Å². The summed E-state index contributed by atoms with van der Waals surface area (Å²) in [5, 5.41) is 2.38. The average molecular weight is 340 g/mol. The standard InChI is InChI=1S/C19H29NO2.ClH/c1-14-10-16(13-19(2,3)12-14)20-9-8-18(21)15-6-5-7-17(11-15)22-4;/h5-7,11,14,16,20H,8-10,12-13H2,1-4H3;1H. The summed E-state index contributed by atoms with van der Waals surface area (Å²) in [4.78, 5) is 12.3. The van der Waals surface area contributed by atoms with Gasteiger partial charge >= 0.3 is 0 Å². The van der Waals surface area contributed by atoms with Crippen molar-refractivity contribution in [3.05, 3.63) is 29.8 Å². The Labute approximate surface area is 146 Å². The van der Waals surface area contributed by atoms with Gasteiger partial charge in [-0.05, 0) is 29.9 Å². The van der Waals surface area contributed by atoms with Gasteiger partial charge in [0.15, 0.2) is 5.78 Å². The Hall–Kier alpha value is -1.06. The van der Waals surface area contributed by atoms with Gasteiger partial charge in [-0.15, -0.1) is 0 Å². The zero-order valence-corrected chi connectivity index (χ0v) is 15.5. The first-order valence-corrected chi connectivity index (χ1v) is 8.40. The number of ether oxygens (including phenoxy) is 1. The van der Waals surface area contributed by atoms with E-state index >= 15 is 0 Å². The van der Waals surface area contributed by atoms with Crippen molar-refractivity contribution in [1.82, 2.24) is 0 Å². The minimum Gasteiger partial charge on any atom is -1.00 e. The molecule has 2 atom stereocenters. The molecule has 130 valence electrons. The van der Waals surface area contributed by atoms with Crippen LogP contribution in [0.15, 0.2) is 24.3 Å². The highest BCUT2D eigenvalue weighted by Gasteiger charge is 2.33. The first-order chi connectivity index (χ1) is 10.4. The van der Waals surface area contributed by atoms with Gasteiger partial charge in [-0.1, -0.05) is 32.9 Å². The third-order valence-corrected chi connectivity index (χ3v) is 4.68. The molecule has 1 aliphatic carbocycles. The minimum absolute atomic E-state index is 0. The molecule has 4 heteroatoms. The van der Waals surface area contributed by atoms with Gasteiger partial charge in [-0.25, -0.2) is 0 Å². The molecule has 0 radical (unpaired) electrons. The molecule has 0 heterocycles. The van der Waals surface area contributed by atoms with Crippen molar-refractivity contribution in [1.29, 1.82) is 0 Å². The second-order valence-electron chi connectivity index (χ2n) is 7.60. The van der Waals surface area contributed by atoms with Crippen LogP contribution in [-0.4, -0.2) is 25.5 Å². The van der Waals surface area contributed by atoms with Gasteiger partial charge < -0.3 is 22.5 Å². The van der Waals surface area contributed by atoms with Crippen molar-refractivity contribution in [3.63, 3.8) is 0 Å². The summed E-state index contributed by atoms with van der Waals surface area (Å²) in [6.45, 7) is 7.96. The molecule has 0 amide bonds. The normalized spacial score (nSPS) is 23.0. The SMILES string of the molecule is COc1cccc(C(=O)CC[NH2+]C2CC(C)CC(C)(C)C2)c1.[Cl-]. The van der Waals surface area contributed by atoms with E-state index in [1.165, 1.54) is 19.3 Å². The molecule has 0 saturated heterocycles. The molecule has 0 spiro atoms. The van der Waals surface area contributed by atoms with Crippen LogP contribution < -0.4 is 22.5 Å². The Balaban J connectivity index is 0.00000264. The predicted octanol–water partition coefficient (Wildman–Crippen LogP) is 0.0502. The lowest BCUT2D eigenvalue weighted by molar-refractivity contribution is -0.693. The Kier molecular flexibility index (Phi) is 7.56. The van der Waals surface area contributed by atoms with Crippen LogP contribution in [0.25, 0.3) is 0 Å². The summed E-state index contributed by atoms with van der Waals surface area (Å²) in [5.41, 5.74) is 1.19. The fourth-order valence-electron chi connectivity index (χ4n) is 3.99. The van der Waals surface area contributed by atoms with Crippen molar-refractivity contribution in [2.24, 2.45) is 11.3 Å². The van der Waals surface area contributed by atoms with Crippen LogP contribution in [0.3, 0.4) is 0 Å². The summed E-state index contributed by atoms with van der Waals surface area (Å²) in [6.07, 6.45) is 4.44. The van der Waals surface area contributed by atoms with E-state index in [4.69, 9.17) is 4.74 Å². The van der Waals surface area contributed by atoms with E-state index < -0.39 is 0 Å². The summed E-state index contributed by atoms with van der Waals surface area (Å²) in [7, 11) is 1.63. The van der Waals surface area contributed by atoms with Gasteiger partial charge in [0.1, 0.15) is 5.75 Å². The first kappa shape index (κ1) is 20.0. The number of methoxy groups -OCH3 is 1. The maximum Gasteiger partial charge on any atom is 0.168 e. The maximum absolute atomic E-state index is 12.3. The molecule has 2 unspecified atom stereocenters. The highest BCUT2D eigenvalue weighted by Crippen LogP contribution is 2.37. The molecular formula is C19H30ClNO2. The zero-order valence-electron chi connectivity index (χ0n) is 14.8. The molecule has 2 N–H and O–H groups in total. The number of nitrogens with two attached hydrogens (primary N) is 1. The lowest BCUT2D eigenvalue weighted by Gasteiger charge is -2.37. The van der Waals surface area contributed by atoms with Gasteiger partial charge in [0, 0.05) is 18.4 Å². The van der Waals surface area contributed by atoms with E-state index in [2.05, 4.69) is 26.1 Å². The molecule has 2 rings (SSSR count). The van der Waals surface area contributed by atoms with Crippen LogP contribution in [0.2, 0.25) is 0 Å². The maximum atomic E-state index is 12.3. The first-order valence-electron chi connectivity index (χ1n) is 8.40. The summed E-state index contributed by atoms with van der Waals surface area (Å²) in [6, 6.07) is 8.11. The van der Waals surface area contributed by atoms with Crippen molar-refractivity contribution in [3.8, 4) is 5.75 Å². The molecule has 3 nitrogen and oxygen atoms in total. The highest BCUT2D eigenvalue weighted by molar-refractivity contribution is 5.96. The predicted molar refractivity (Wildman–Crippen MR) is 89.3 cm³/mol. The second-order valence-corrected chi connectivity index (χ2v) is 7.60. The smallest absolute Gasteiger partial charge is 0.168 e. The Morgan fingerprint density at radius 2 is 2.09 bits per heavy atom. The number of carbonyl (C=O) groups excluding carboxylic acids is 1. The van der Waals surface area contributed by atoms with Crippen LogP contribution in [0, 0.1) is 11.3 Å². The average Bonchev–Trinajstić information content (AvgIpc) is 2.45. The third kappa shape index (κ3) is 6.15. The van der Waals surface area contributed by atoms with E-state index in [0.717, 1.165) is 23.8 Å². The number of rotatable bonds is 6. The molecule has 0 aromatic heterocycles. The fraction of sp³-hybridized carbons (Fsp3) is 0.632. The van der Waals surface area contributed by atoms with Crippen LogP contribution in [0.4, 0.5) is 0 Å². The van der Waals surface area contributed by atoms with Crippen molar-refractivity contribution < 1.29 is 27.3 Å². The van der Waals surface area contributed by atoms with E-state index in [9.17, 15) is 4.79 Å². The molecule has 1 aromatic carbocycles. The van der Waals surface area contributed by atoms with Crippen LogP contribution in [0.1, 0.15) is 56.8 Å². The van der Waals surface area contributed by atoms with Gasteiger partial charge in [0.25, 0.3) is 0 Å². The summed E-state index contributed by atoms with van der Waals surface area (Å²) in [5.74, 6) is 1.75. The van der Waals surface area contributed by atoms with Crippen molar-refractivity contribution >= 4 is 5.78 Å². The van der Waals surface area contributed by atoms with E-state index in [1.807, 2.05) is 24.3 Å². The quantitative estimate of drug-likeness (QED) is 0.744. The van der Waals surface area contributed by atoms with E-state index in [-0.39, 0.29) is 18.2 Å². The van der Waals surface area contributed by atoms with Gasteiger partial charge in [0.2, 0.25) is 0 Å². The second kappa shape index (κ2) is 8.70. The van der Waals surface area contributed by atoms with Gasteiger partial charge in [-0.2, -0.15) is 0 Å². The van der Waals surface area contributed by atoms with Crippen LogP contribution in [0.5, 0.6) is 5.75 Å². The molecular weight excluding hydrogens is 310 g/mol. The monoisotopic (exact) mass is 339 g/mol. The zero-order chi connectivity index (χ0) is 16.2. The molecule has 1 saturated carbocycles. The number of Topliss-reactive ketones (excluding diaryl/α,β-unsaturated/α-hetero) is 1. The Bertz CT molecular complexity index is 516. The van der Waals surface area contributed by atoms with Gasteiger partial charge in [-0.3, -0.25) is 4.79 Å². The fourth-order valence-corrected chi connectivity index (χ4v) is 3.99. The third-order valence-electron chi connectivity index (χ3n) is 4.68. The minimum atomic E-state index is 0. The van der Waals surface area contributed by atoms with Crippen LogP contribution >= 0.6 is 0 Å². The molecule has 0 aliphatic heterocycles. The highest BCUT2D eigenvalue weighted by atomic mass is 35.5. The topological polar surface area (TPSA) is 42.9 Å². The summed E-state index contributed by atoms with van der Waals surface area (Å²) >= 11 is 0. The molecule has 1 aliphatic rings. The number of hydrogen-bond donors (Lipinski definition) is 1. The number of benzene rings is 1. The molecule has 23 heavy (non-hydrogen) atoms. The molecule has 1 aromatic rings. The largest absolute Gasteiger partial charge is 1.00 e. The Morgan fingerprint density at radius 1 is 1.35 bits per heavy atom. The summed E-state index contributed by atoms with van der Waals surface area (Å²) < 4.78 is 5.18. The number of carbonyl (C=O) groups is 1. The number of halogens is 1. The Morgan fingerprint density at radius 3 is 2.74 bits per heavy atom. The van der Waals surface area contributed by atoms with Crippen molar-refractivity contribution in [2.45, 2.75) is 52.5 Å². The van der Waals surface area contributed by atoms with E-state index in [1.54, 1.807) is 7.11 Å². The number of hydrogen-bond acceptors (Lipinski definition) is 2. The lowest BCUT2D eigenvalue weighted by Crippen LogP contribution is -3.00. The lowest BCUT2D eigenvalue weighted by atomic mass is 9.70.